The zero-order chi connectivity index (χ0) is 16.3. The van der Waals surface area contributed by atoms with Crippen LogP contribution in [0.1, 0.15) is 16.0 Å². The molecule has 0 spiro atoms. The molecule has 1 aromatic carbocycles. The van der Waals surface area contributed by atoms with E-state index in [1.54, 1.807) is 12.5 Å². The Morgan fingerprint density at radius 1 is 1.13 bits per heavy atom. The van der Waals surface area contributed by atoms with Gasteiger partial charge in [0.25, 0.3) is 0 Å². The highest BCUT2D eigenvalue weighted by Gasteiger charge is 2.33. The summed E-state index contributed by atoms with van der Waals surface area (Å²) in [7, 11) is 0. The molecule has 4 nitrogen and oxygen atoms in total. The molecule has 0 saturated heterocycles. The SMILES string of the molecule is FC(F)(F)c1cnc(NCc2ccc(Cn3ccnc3)cc2)s1. The first-order chi connectivity index (χ1) is 11.0. The Kier molecular flexibility index (Phi) is 4.33. The number of aromatic nitrogens is 3. The van der Waals surface area contributed by atoms with Crippen molar-refractivity contribution in [3.05, 3.63) is 65.2 Å². The van der Waals surface area contributed by atoms with Gasteiger partial charge in [0.2, 0.25) is 0 Å². The molecular weight excluding hydrogens is 325 g/mol. The van der Waals surface area contributed by atoms with Gasteiger partial charge in [-0.1, -0.05) is 35.6 Å². The molecule has 0 bridgehead atoms. The quantitative estimate of drug-likeness (QED) is 0.764. The first-order valence-corrected chi connectivity index (χ1v) is 7.63. The fraction of sp³-hybridized carbons (Fsp3) is 0.200. The summed E-state index contributed by atoms with van der Waals surface area (Å²) < 4.78 is 39.5. The van der Waals surface area contributed by atoms with Crippen LogP contribution in [0.3, 0.4) is 0 Å². The van der Waals surface area contributed by atoms with Crippen molar-refractivity contribution in [1.29, 1.82) is 0 Å². The molecule has 0 unspecified atom stereocenters. The van der Waals surface area contributed by atoms with Gasteiger partial charge in [-0.2, -0.15) is 13.2 Å². The first kappa shape index (κ1) is 15.5. The number of thiazole rings is 1. The van der Waals surface area contributed by atoms with Crippen molar-refractivity contribution in [3.63, 3.8) is 0 Å². The fourth-order valence-corrected chi connectivity index (χ4v) is 2.70. The number of halogens is 3. The van der Waals surface area contributed by atoms with Crippen LogP contribution in [0, 0.1) is 0 Å². The van der Waals surface area contributed by atoms with Gasteiger partial charge < -0.3 is 9.88 Å². The van der Waals surface area contributed by atoms with Crippen molar-refractivity contribution in [2.45, 2.75) is 19.3 Å². The summed E-state index contributed by atoms with van der Waals surface area (Å²) in [6.07, 6.45) is 1.86. The molecule has 120 valence electrons. The second kappa shape index (κ2) is 6.41. The lowest BCUT2D eigenvalue weighted by Crippen LogP contribution is -2.01. The third-order valence-corrected chi connectivity index (χ3v) is 4.18. The number of anilines is 1. The van der Waals surface area contributed by atoms with Gasteiger partial charge in [0, 0.05) is 25.5 Å². The maximum Gasteiger partial charge on any atom is 0.427 e. The van der Waals surface area contributed by atoms with Crippen LogP contribution in [0.2, 0.25) is 0 Å². The number of imidazole rings is 1. The Bertz CT molecular complexity index is 748. The molecule has 2 heterocycles. The van der Waals surface area contributed by atoms with Crippen LogP contribution in [0.4, 0.5) is 18.3 Å². The third kappa shape index (κ3) is 4.10. The van der Waals surface area contributed by atoms with Crippen LogP contribution in [0.15, 0.2) is 49.2 Å². The van der Waals surface area contributed by atoms with E-state index in [4.69, 9.17) is 0 Å². The summed E-state index contributed by atoms with van der Waals surface area (Å²) in [6, 6.07) is 7.86. The van der Waals surface area contributed by atoms with Gasteiger partial charge in [-0.05, 0) is 11.1 Å². The lowest BCUT2D eigenvalue weighted by Gasteiger charge is -2.06. The number of hydrogen-bond donors (Lipinski definition) is 1. The summed E-state index contributed by atoms with van der Waals surface area (Å²) in [6.45, 7) is 1.16. The molecule has 3 rings (SSSR count). The molecule has 0 aliphatic rings. The molecule has 0 aliphatic carbocycles. The van der Waals surface area contributed by atoms with E-state index in [0.717, 1.165) is 23.9 Å². The number of hydrogen-bond acceptors (Lipinski definition) is 4. The van der Waals surface area contributed by atoms with Crippen molar-refractivity contribution < 1.29 is 13.2 Å². The summed E-state index contributed by atoms with van der Waals surface area (Å²) in [5, 5.41) is 3.17. The maximum atomic E-state index is 12.5. The van der Waals surface area contributed by atoms with Gasteiger partial charge in [-0.15, -0.1) is 0 Å². The lowest BCUT2D eigenvalue weighted by molar-refractivity contribution is -0.134. The lowest BCUT2D eigenvalue weighted by atomic mass is 10.1. The van der Waals surface area contributed by atoms with E-state index in [9.17, 15) is 13.2 Å². The van der Waals surface area contributed by atoms with Gasteiger partial charge >= 0.3 is 6.18 Å². The summed E-state index contributed by atoms with van der Waals surface area (Å²) in [4.78, 5) is 7.03. The van der Waals surface area contributed by atoms with Crippen molar-refractivity contribution in [1.82, 2.24) is 14.5 Å². The van der Waals surface area contributed by atoms with E-state index in [1.165, 1.54) is 0 Å². The van der Waals surface area contributed by atoms with Crippen LogP contribution in [-0.2, 0) is 19.3 Å². The molecule has 0 atom stereocenters. The van der Waals surface area contributed by atoms with Crippen molar-refractivity contribution in [2.75, 3.05) is 5.32 Å². The molecular formula is C15H13F3N4S. The van der Waals surface area contributed by atoms with Gasteiger partial charge in [0.05, 0.1) is 12.5 Å². The monoisotopic (exact) mass is 338 g/mol. The normalized spacial score (nSPS) is 11.6. The largest absolute Gasteiger partial charge is 0.427 e. The van der Waals surface area contributed by atoms with Crippen molar-refractivity contribution in [2.24, 2.45) is 0 Å². The average molecular weight is 338 g/mol. The predicted octanol–water partition coefficient (Wildman–Crippen LogP) is 4.02. The van der Waals surface area contributed by atoms with Crippen LogP contribution in [0.5, 0.6) is 0 Å². The number of nitrogens with one attached hydrogen (secondary N) is 1. The minimum absolute atomic E-state index is 0.264. The highest BCUT2D eigenvalue weighted by molar-refractivity contribution is 7.15. The molecule has 2 aromatic heterocycles. The van der Waals surface area contributed by atoms with Gasteiger partial charge in [-0.25, -0.2) is 9.97 Å². The van der Waals surface area contributed by atoms with E-state index in [-0.39, 0.29) is 5.13 Å². The molecule has 0 saturated carbocycles. The fourth-order valence-electron chi connectivity index (χ4n) is 2.02. The molecule has 23 heavy (non-hydrogen) atoms. The molecule has 0 radical (unpaired) electrons. The van der Waals surface area contributed by atoms with E-state index >= 15 is 0 Å². The molecule has 1 N–H and O–H groups in total. The summed E-state index contributed by atoms with van der Waals surface area (Å²) in [5.41, 5.74) is 2.10. The van der Waals surface area contributed by atoms with Crippen molar-refractivity contribution in [3.8, 4) is 0 Å². The van der Waals surface area contributed by atoms with E-state index in [2.05, 4.69) is 15.3 Å². The minimum atomic E-state index is -4.34. The number of rotatable bonds is 5. The van der Waals surface area contributed by atoms with Gasteiger partial charge in [0.1, 0.15) is 4.88 Å². The smallest absolute Gasteiger partial charge is 0.357 e. The standard InChI is InChI=1S/C15H13F3N4S/c16-15(17,18)13-8-21-14(23-13)20-7-11-1-3-12(4-2-11)9-22-6-5-19-10-22/h1-6,8,10H,7,9H2,(H,20,21). The van der Waals surface area contributed by atoms with E-state index < -0.39 is 11.1 Å². The second-order valence-corrected chi connectivity index (χ2v) is 5.96. The Balaban J connectivity index is 1.57. The first-order valence-electron chi connectivity index (χ1n) is 6.81. The van der Waals surface area contributed by atoms with Gasteiger partial charge in [0.15, 0.2) is 5.13 Å². The molecule has 0 amide bonds. The van der Waals surface area contributed by atoms with Gasteiger partial charge in [-0.3, -0.25) is 0 Å². The average Bonchev–Trinajstić information content (AvgIpc) is 3.17. The van der Waals surface area contributed by atoms with E-state index in [1.807, 2.05) is 35.0 Å². The number of nitrogens with zero attached hydrogens (tertiary/aromatic N) is 3. The van der Waals surface area contributed by atoms with Crippen LogP contribution >= 0.6 is 11.3 Å². The molecule has 0 aliphatic heterocycles. The Morgan fingerprint density at radius 2 is 1.87 bits per heavy atom. The Hall–Kier alpha value is -2.35. The molecule has 3 aromatic rings. The highest BCUT2D eigenvalue weighted by atomic mass is 32.1. The Labute approximate surface area is 134 Å². The summed E-state index contributed by atoms with van der Waals surface area (Å²) in [5.74, 6) is 0. The number of benzene rings is 1. The maximum absolute atomic E-state index is 12.5. The Morgan fingerprint density at radius 3 is 2.48 bits per heavy atom. The molecule has 8 heteroatoms. The third-order valence-electron chi connectivity index (χ3n) is 3.18. The zero-order valence-electron chi connectivity index (χ0n) is 11.9. The number of alkyl halides is 3. The predicted molar refractivity (Wildman–Crippen MR) is 82.2 cm³/mol. The second-order valence-electron chi connectivity index (χ2n) is 4.93. The molecule has 0 fully saturated rings. The van der Waals surface area contributed by atoms with Crippen LogP contribution in [0.25, 0.3) is 0 Å². The van der Waals surface area contributed by atoms with Crippen LogP contribution in [-0.4, -0.2) is 14.5 Å². The van der Waals surface area contributed by atoms with E-state index in [0.29, 0.717) is 17.9 Å². The van der Waals surface area contributed by atoms with Crippen LogP contribution < -0.4 is 5.32 Å². The summed E-state index contributed by atoms with van der Waals surface area (Å²) >= 11 is 0.607. The highest BCUT2D eigenvalue weighted by Crippen LogP contribution is 2.35. The topological polar surface area (TPSA) is 42.7 Å². The minimum Gasteiger partial charge on any atom is -0.357 e. The zero-order valence-corrected chi connectivity index (χ0v) is 12.7. The van der Waals surface area contributed by atoms with Crippen molar-refractivity contribution >= 4 is 16.5 Å².